The van der Waals surface area contributed by atoms with Gasteiger partial charge >= 0.3 is 0 Å². The van der Waals surface area contributed by atoms with Crippen molar-refractivity contribution in [1.82, 2.24) is 0 Å². The Morgan fingerprint density at radius 3 is 1.57 bits per heavy atom. The summed E-state index contributed by atoms with van der Waals surface area (Å²) >= 11 is 0. The van der Waals surface area contributed by atoms with E-state index >= 15 is 0 Å². The molecule has 13 rings (SSSR count). The third-order valence-electron chi connectivity index (χ3n) is 14.4. The molecule has 0 saturated carbocycles. The highest BCUT2D eigenvalue weighted by molar-refractivity contribution is 5.96. The zero-order chi connectivity index (χ0) is 41.5. The minimum Gasteiger partial charge on any atom is -0.310 e. The molecule has 0 fully saturated rings. The van der Waals surface area contributed by atoms with Crippen molar-refractivity contribution in [1.29, 1.82) is 0 Å². The highest BCUT2D eigenvalue weighted by Crippen LogP contribution is 2.64. The van der Waals surface area contributed by atoms with Crippen LogP contribution in [0.25, 0.3) is 33.4 Å². The Morgan fingerprint density at radius 1 is 0.349 bits per heavy atom. The van der Waals surface area contributed by atoms with Gasteiger partial charge in [0.25, 0.3) is 0 Å². The number of para-hydroxylation sites is 3. The van der Waals surface area contributed by atoms with Crippen LogP contribution in [0.15, 0.2) is 243 Å². The number of nitrogens with zero attached hydrogens (tertiary/aromatic N) is 1. The first-order valence-electron chi connectivity index (χ1n) is 22.3. The summed E-state index contributed by atoms with van der Waals surface area (Å²) in [4.78, 5) is 2.46. The van der Waals surface area contributed by atoms with E-state index in [0.29, 0.717) is 11.8 Å². The lowest BCUT2D eigenvalue weighted by molar-refractivity contribution is 0.719. The number of allylic oxidation sites excluding steroid dienone is 4. The van der Waals surface area contributed by atoms with Crippen molar-refractivity contribution in [3.8, 4) is 33.4 Å². The Hall–Kier alpha value is -7.74. The summed E-state index contributed by atoms with van der Waals surface area (Å²) in [6, 6.07) is 82.2. The lowest BCUT2D eigenvalue weighted by Crippen LogP contribution is -2.36. The molecular weight excluding hydrogens is 759 g/mol. The molecule has 3 unspecified atom stereocenters. The number of hydrogen-bond acceptors (Lipinski definition) is 1. The molecule has 3 aliphatic carbocycles. The third-order valence-corrected chi connectivity index (χ3v) is 14.4. The number of rotatable bonds is 5. The van der Waals surface area contributed by atoms with Crippen LogP contribution in [0, 0.1) is 0 Å². The minimum absolute atomic E-state index is 0.0206. The lowest BCUT2D eigenvalue weighted by atomic mass is 9.64. The number of fused-ring (bicyclic) bond motifs is 15. The van der Waals surface area contributed by atoms with Gasteiger partial charge in [-0.05, 0) is 114 Å². The van der Waals surface area contributed by atoms with E-state index in [2.05, 4.69) is 248 Å². The molecule has 296 valence electrons. The molecule has 0 aromatic heterocycles. The number of benzene rings is 9. The van der Waals surface area contributed by atoms with Gasteiger partial charge in [0.2, 0.25) is 0 Å². The van der Waals surface area contributed by atoms with Gasteiger partial charge in [-0.25, -0.2) is 0 Å². The third kappa shape index (κ3) is 5.30. The monoisotopic (exact) mass is 801 g/mol. The largest absolute Gasteiger partial charge is 0.310 e. The summed E-state index contributed by atoms with van der Waals surface area (Å²) in [6.07, 6.45) is 9.22. The molecule has 1 heterocycles. The average molecular weight is 802 g/mol. The maximum atomic E-state index is 2.58. The van der Waals surface area contributed by atoms with E-state index in [9.17, 15) is 0 Å². The fourth-order valence-electron chi connectivity index (χ4n) is 11.7. The standard InChI is InChI=1S/C62H43N/c1-3-17-41(18-4-1)42-31-33-43(34-32-42)61(44-35-37-51-49-23-8-7-21-47(49)48-22-9-10-24-50(48)54(51)39-44)45-36-38-53-52-25-11-12-26-55(52)62(58(53)40-45)56-27-13-15-29-59(56)63(46-19-5-2-6-20-46)60-30-16-14-28-57(60)62/h1-40,47,49,61H. The van der Waals surface area contributed by atoms with Crippen molar-refractivity contribution in [2.75, 3.05) is 4.90 Å². The van der Waals surface area contributed by atoms with Gasteiger partial charge in [-0.3, -0.25) is 0 Å². The highest BCUT2D eigenvalue weighted by atomic mass is 15.2. The summed E-state index contributed by atoms with van der Waals surface area (Å²) in [5.74, 6) is 0.644. The zero-order valence-electron chi connectivity index (χ0n) is 34.8. The topological polar surface area (TPSA) is 3.24 Å². The molecule has 1 spiro atoms. The molecule has 63 heavy (non-hydrogen) atoms. The second-order valence-corrected chi connectivity index (χ2v) is 17.5. The molecule has 0 saturated heterocycles. The first kappa shape index (κ1) is 36.0. The quantitative estimate of drug-likeness (QED) is 0.157. The highest BCUT2D eigenvalue weighted by Gasteiger charge is 2.52. The van der Waals surface area contributed by atoms with Gasteiger partial charge in [0.05, 0.1) is 16.8 Å². The Morgan fingerprint density at radius 2 is 0.857 bits per heavy atom. The fourth-order valence-corrected chi connectivity index (χ4v) is 11.7. The molecule has 9 aromatic rings. The lowest BCUT2D eigenvalue weighted by Gasteiger charge is -2.45. The second kappa shape index (κ2) is 14.2. The van der Waals surface area contributed by atoms with Crippen LogP contribution in [0.1, 0.15) is 67.8 Å². The summed E-state index contributed by atoms with van der Waals surface area (Å²) in [5, 5.41) is 0. The van der Waals surface area contributed by atoms with Crippen LogP contribution in [0.4, 0.5) is 17.1 Å². The van der Waals surface area contributed by atoms with Crippen LogP contribution < -0.4 is 4.90 Å². The number of hydrogen-bond donors (Lipinski definition) is 0. The predicted octanol–water partition coefficient (Wildman–Crippen LogP) is 15.7. The van der Waals surface area contributed by atoms with Gasteiger partial charge in [0, 0.05) is 23.4 Å². The Balaban J connectivity index is 1.05. The molecule has 1 nitrogen and oxygen atoms in total. The van der Waals surface area contributed by atoms with Crippen LogP contribution in [0.3, 0.4) is 0 Å². The van der Waals surface area contributed by atoms with E-state index in [4.69, 9.17) is 0 Å². The van der Waals surface area contributed by atoms with Gasteiger partial charge in [0.1, 0.15) is 0 Å². The SMILES string of the molecule is C1=CC2c3ccccc3-c3cc(C(c4ccc(-c5ccccc5)cc4)c4ccc5c(c4)C4(c6ccccc6-5)c5ccccc5N(c5ccccc5)c5ccccc54)ccc3C2C=C1. The summed E-state index contributed by atoms with van der Waals surface area (Å²) in [5.41, 5.74) is 22.7. The first-order chi connectivity index (χ1) is 31.3. The Labute approximate surface area is 369 Å². The van der Waals surface area contributed by atoms with E-state index in [0.717, 1.165) is 5.69 Å². The molecule has 4 aliphatic rings. The summed E-state index contributed by atoms with van der Waals surface area (Å²) in [7, 11) is 0. The molecule has 1 heteroatoms. The van der Waals surface area contributed by atoms with E-state index in [-0.39, 0.29) is 5.92 Å². The average Bonchev–Trinajstić information content (AvgIpc) is 3.65. The van der Waals surface area contributed by atoms with Gasteiger partial charge in [0.15, 0.2) is 0 Å². The molecule has 0 N–H and O–H groups in total. The van der Waals surface area contributed by atoms with E-state index in [1.807, 2.05) is 0 Å². The van der Waals surface area contributed by atoms with Crippen LogP contribution in [-0.2, 0) is 5.41 Å². The zero-order valence-corrected chi connectivity index (χ0v) is 34.8. The maximum absolute atomic E-state index is 2.58. The minimum atomic E-state index is -0.535. The van der Waals surface area contributed by atoms with Crippen molar-refractivity contribution in [2.45, 2.75) is 23.2 Å². The summed E-state index contributed by atoms with van der Waals surface area (Å²) in [6.45, 7) is 0. The van der Waals surface area contributed by atoms with Crippen molar-refractivity contribution >= 4 is 17.1 Å². The summed E-state index contributed by atoms with van der Waals surface area (Å²) < 4.78 is 0. The molecule has 9 aromatic carbocycles. The Bertz CT molecular complexity index is 3250. The molecular formula is C62H43N. The molecule has 1 aliphatic heterocycles. The van der Waals surface area contributed by atoms with Gasteiger partial charge in [-0.15, -0.1) is 0 Å². The van der Waals surface area contributed by atoms with Gasteiger partial charge in [-0.2, -0.15) is 0 Å². The van der Waals surface area contributed by atoms with E-state index in [1.165, 1.54) is 94.8 Å². The van der Waals surface area contributed by atoms with Gasteiger partial charge in [-0.1, -0.05) is 212 Å². The molecule has 0 radical (unpaired) electrons. The van der Waals surface area contributed by atoms with Crippen LogP contribution in [0.5, 0.6) is 0 Å². The first-order valence-corrected chi connectivity index (χ1v) is 22.3. The molecule has 0 bridgehead atoms. The Kier molecular flexibility index (Phi) is 8.08. The van der Waals surface area contributed by atoms with Crippen LogP contribution in [-0.4, -0.2) is 0 Å². The fraction of sp³-hybridized carbons (Fsp3) is 0.0645. The van der Waals surface area contributed by atoms with Crippen LogP contribution in [0.2, 0.25) is 0 Å². The van der Waals surface area contributed by atoms with Crippen molar-refractivity contribution < 1.29 is 0 Å². The predicted molar refractivity (Wildman–Crippen MR) is 260 cm³/mol. The van der Waals surface area contributed by atoms with Crippen LogP contribution >= 0.6 is 0 Å². The maximum Gasteiger partial charge on any atom is 0.0754 e. The van der Waals surface area contributed by atoms with Crippen molar-refractivity contribution in [3.05, 3.63) is 293 Å². The smallest absolute Gasteiger partial charge is 0.0754 e. The van der Waals surface area contributed by atoms with Crippen molar-refractivity contribution in [2.24, 2.45) is 0 Å². The van der Waals surface area contributed by atoms with Gasteiger partial charge < -0.3 is 4.90 Å². The normalized spacial score (nSPS) is 17.1. The van der Waals surface area contributed by atoms with E-state index in [1.54, 1.807) is 0 Å². The molecule has 3 atom stereocenters. The van der Waals surface area contributed by atoms with Crippen molar-refractivity contribution in [3.63, 3.8) is 0 Å². The second-order valence-electron chi connectivity index (χ2n) is 17.5. The molecule has 0 amide bonds. The van der Waals surface area contributed by atoms with E-state index < -0.39 is 5.41 Å². The number of anilines is 3.